The van der Waals surface area contributed by atoms with Crippen molar-refractivity contribution < 1.29 is 4.74 Å². The summed E-state index contributed by atoms with van der Waals surface area (Å²) in [6.45, 7) is 5.86. The van der Waals surface area contributed by atoms with Crippen LogP contribution in [0.15, 0.2) is 24.3 Å². The molecule has 0 aliphatic carbocycles. The van der Waals surface area contributed by atoms with E-state index in [4.69, 9.17) is 10.5 Å². The minimum absolute atomic E-state index is 0.458. The van der Waals surface area contributed by atoms with Gasteiger partial charge < -0.3 is 15.8 Å². The Hall–Kier alpha value is -0.900. The molecule has 0 saturated carbocycles. The molecule has 0 aromatic heterocycles. The van der Waals surface area contributed by atoms with E-state index in [0.717, 1.165) is 39.1 Å². The Balaban J connectivity index is 1.73. The Morgan fingerprint density at radius 3 is 2.68 bits per heavy atom. The van der Waals surface area contributed by atoms with Crippen LogP contribution in [-0.2, 0) is 17.7 Å². The predicted octanol–water partition coefficient (Wildman–Crippen LogP) is 2.09. The van der Waals surface area contributed by atoms with E-state index in [2.05, 4.69) is 36.5 Å². The summed E-state index contributed by atoms with van der Waals surface area (Å²) in [5.41, 5.74) is 8.21. The number of ether oxygens (including phenoxy) is 1. The molecule has 1 saturated heterocycles. The lowest BCUT2D eigenvalue weighted by atomic mass is 9.99. The van der Waals surface area contributed by atoms with Gasteiger partial charge in [-0.3, -0.25) is 0 Å². The van der Waals surface area contributed by atoms with Crippen LogP contribution in [0.2, 0.25) is 0 Å². The van der Waals surface area contributed by atoms with Gasteiger partial charge in [0, 0.05) is 19.7 Å². The predicted molar refractivity (Wildman–Crippen MR) is 79.0 cm³/mol. The van der Waals surface area contributed by atoms with Gasteiger partial charge in [0.05, 0.1) is 6.10 Å². The van der Waals surface area contributed by atoms with Crippen molar-refractivity contribution in [3.63, 3.8) is 0 Å². The largest absolute Gasteiger partial charge is 0.378 e. The van der Waals surface area contributed by atoms with Crippen LogP contribution in [0.1, 0.15) is 30.9 Å². The van der Waals surface area contributed by atoms with E-state index in [1.54, 1.807) is 0 Å². The summed E-state index contributed by atoms with van der Waals surface area (Å²) < 4.78 is 5.71. The Morgan fingerprint density at radius 2 is 2.00 bits per heavy atom. The maximum absolute atomic E-state index is 5.71. The van der Waals surface area contributed by atoms with Gasteiger partial charge in [0.15, 0.2) is 0 Å². The molecule has 2 unspecified atom stereocenters. The molecule has 0 radical (unpaired) electrons. The molecule has 3 nitrogen and oxygen atoms in total. The first-order chi connectivity index (χ1) is 9.33. The third kappa shape index (κ3) is 4.30. The minimum Gasteiger partial charge on any atom is -0.378 e. The van der Waals surface area contributed by atoms with E-state index in [9.17, 15) is 0 Å². The van der Waals surface area contributed by atoms with Crippen molar-refractivity contribution in [2.75, 3.05) is 19.7 Å². The van der Waals surface area contributed by atoms with Crippen LogP contribution in [-0.4, -0.2) is 25.8 Å². The first-order valence-corrected chi connectivity index (χ1v) is 7.43. The van der Waals surface area contributed by atoms with E-state index in [-0.39, 0.29) is 0 Å². The third-order valence-electron chi connectivity index (χ3n) is 3.94. The molecule has 2 atom stereocenters. The highest BCUT2D eigenvalue weighted by Crippen LogP contribution is 2.22. The highest BCUT2D eigenvalue weighted by Gasteiger charge is 2.25. The molecule has 3 heteroatoms. The zero-order valence-corrected chi connectivity index (χ0v) is 11.9. The summed E-state index contributed by atoms with van der Waals surface area (Å²) >= 11 is 0. The zero-order chi connectivity index (χ0) is 13.5. The van der Waals surface area contributed by atoms with Gasteiger partial charge in [0.25, 0.3) is 0 Å². The monoisotopic (exact) mass is 262 g/mol. The van der Waals surface area contributed by atoms with Gasteiger partial charge in [-0.15, -0.1) is 0 Å². The van der Waals surface area contributed by atoms with Crippen LogP contribution in [0.5, 0.6) is 0 Å². The van der Waals surface area contributed by atoms with Gasteiger partial charge in [-0.2, -0.15) is 0 Å². The fourth-order valence-electron chi connectivity index (χ4n) is 2.77. The van der Waals surface area contributed by atoms with Crippen molar-refractivity contribution in [1.29, 1.82) is 0 Å². The third-order valence-corrected chi connectivity index (χ3v) is 3.94. The number of hydrogen-bond acceptors (Lipinski definition) is 3. The summed E-state index contributed by atoms with van der Waals surface area (Å²) in [6, 6.07) is 8.75. The first kappa shape index (κ1) is 14.5. The molecule has 1 aromatic rings. The van der Waals surface area contributed by atoms with Crippen LogP contribution in [0.3, 0.4) is 0 Å². The van der Waals surface area contributed by atoms with E-state index >= 15 is 0 Å². The number of benzene rings is 1. The second-order valence-corrected chi connectivity index (χ2v) is 5.35. The Labute approximate surface area is 116 Å². The van der Waals surface area contributed by atoms with Gasteiger partial charge in [-0.1, -0.05) is 31.2 Å². The quantitative estimate of drug-likeness (QED) is 0.791. The average Bonchev–Trinajstić information content (AvgIpc) is 2.88. The molecular formula is C16H26N2O. The van der Waals surface area contributed by atoms with Crippen molar-refractivity contribution >= 4 is 0 Å². The lowest BCUT2D eigenvalue weighted by Crippen LogP contribution is -2.27. The lowest BCUT2D eigenvalue weighted by molar-refractivity contribution is 0.0872. The smallest absolute Gasteiger partial charge is 0.0613 e. The van der Waals surface area contributed by atoms with Crippen LogP contribution in [0.4, 0.5) is 0 Å². The molecule has 1 heterocycles. The standard InChI is InChI=1S/C16H26N2O/c1-2-16-15(8-10-19-16)12-18-11-14-5-3-13(4-6-14)7-9-17/h3-6,15-16,18H,2,7-12,17H2,1H3. The summed E-state index contributed by atoms with van der Waals surface area (Å²) in [6.07, 6.45) is 3.74. The van der Waals surface area contributed by atoms with E-state index in [1.165, 1.54) is 17.5 Å². The molecule has 19 heavy (non-hydrogen) atoms. The Kier molecular flexibility index (Phi) is 5.83. The summed E-state index contributed by atoms with van der Waals surface area (Å²) in [4.78, 5) is 0. The molecule has 0 amide bonds. The van der Waals surface area contributed by atoms with Gasteiger partial charge in [-0.05, 0) is 42.9 Å². The van der Waals surface area contributed by atoms with Crippen molar-refractivity contribution in [2.45, 2.75) is 38.8 Å². The number of nitrogens with one attached hydrogen (secondary N) is 1. The summed E-state index contributed by atoms with van der Waals surface area (Å²) in [5, 5.41) is 3.55. The van der Waals surface area contributed by atoms with E-state index < -0.39 is 0 Å². The topological polar surface area (TPSA) is 47.3 Å². The second-order valence-electron chi connectivity index (χ2n) is 5.35. The van der Waals surface area contributed by atoms with Crippen molar-refractivity contribution in [1.82, 2.24) is 5.32 Å². The fourth-order valence-corrected chi connectivity index (χ4v) is 2.77. The van der Waals surface area contributed by atoms with Gasteiger partial charge in [-0.25, -0.2) is 0 Å². The highest BCUT2D eigenvalue weighted by molar-refractivity contribution is 5.22. The van der Waals surface area contributed by atoms with E-state index in [0.29, 0.717) is 12.0 Å². The first-order valence-electron chi connectivity index (χ1n) is 7.43. The van der Waals surface area contributed by atoms with Crippen LogP contribution >= 0.6 is 0 Å². The molecule has 2 rings (SSSR count). The van der Waals surface area contributed by atoms with Gasteiger partial charge in [0.2, 0.25) is 0 Å². The molecule has 3 N–H and O–H groups in total. The molecule has 106 valence electrons. The number of nitrogens with two attached hydrogens (primary N) is 1. The average molecular weight is 262 g/mol. The zero-order valence-electron chi connectivity index (χ0n) is 11.9. The fraction of sp³-hybridized carbons (Fsp3) is 0.625. The number of rotatable bonds is 7. The maximum atomic E-state index is 5.71. The molecule has 1 aliphatic heterocycles. The van der Waals surface area contributed by atoms with Gasteiger partial charge in [0.1, 0.15) is 0 Å². The van der Waals surface area contributed by atoms with Crippen LogP contribution < -0.4 is 11.1 Å². The normalized spacial score (nSPS) is 22.8. The van der Waals surface area contributed by atoms with Crippen molar-refractivity contribution in [2.24, 2.45) is 11.7 Å². The van der Waals surface area contributed by atoms with Gasteiger partial charge >= 0.3 is 0 Å². The molecule has 1 aliphatic rings. The van der Waals surface area contributed by atoms with E-state index in [1.807, 2.05) is 0 Å². The van der Waals surface area contributed by atoms with Crippen LogP contribution in [0.25, 0.3) is 0 Å². The van der Waals surface area contributed by atoms with Crippen molar-refractivity contribution in [3.05, 3.63) is 35.4 Å². The van der Waals surface area contributed by atoms with Crippen LogP contribution in [0, 0.1) is 5.92 Å². The molecule has 0 spiro atoms. The lowest BCUT2D eigenvalue weighted by Gasteiger charge is -2.17. The molecule has 1 aromatic carbocycles. The SMILES string of the molecule is CCC1OCCC1CNCc1ccc(CCN)cc1. The number of hydrogen-bond donors (Lipinski definition) is 2. The molecule has 0 bridgehead atoms. The maximum Gasteiger partial charge on any atom is 0.0613 e. The Bertz CT molecular complexity index is 364. The highest BCUT2D eigenvalue weighted by atomic mass is 16.5. The summed E-state index contributed by atoms with van der Waals surface area (Å²) in [5.74, 6) is 0.682. The molecule has 1 fully saturated rings. The minimum atomic E-state index is 0.458. The Morgan fingerprint density at radius 1 is 1.26 bits per heavy atom. The molecular weight excluding hydrogens is 236 g/mol. The second kappa shape index (κ2) is 7.63. The van der Waals surface area contributed by atoms with Crippen molar-refractivity contribution in [3.8, 4) is 0 Å². The summed E-state index contributed by atoms with van der Waals surface area (Å²) in [7, 11) is 0.